The number of likely N-dealkylation sites (tertiary alicyclic amines) is 2. The summed E-state index contributed by atoms with van der Waals surface area (Å²) < 4.78 is 0. The molecule has 2 aliphatic heterocycles. The zero-order valence-electron chi connectivity index (χ0n) is 12.9. The highest BCUT2D eigenvalue weighted by atomic mass is 16.3. The Kier molecular flexibility index (Phi) is 3.76. The van der Waals surface area contributed by atoms with Crippen molar-refractivity contribution in [3.63, 3.8) is 0 Å². The molecular weight excluding hydrogens is 264 g/mol. The smallest absolute Gasteiger partial charge is 0.253 e. The molecule has 3 rings (SSSR count). The molecule has 0 radical (unpaired) electrons. The summed E-state index contributed by atoms with van der Waals surface area (Å²) in [4.78, 5) is 16.7. The van der Waals surface area contributed by atoms with E-state index in [9.17, 15) is 9.90 Å². The summed E-state index contributed by atoms with van der Waals surface area (Å²) in [6.45, 7) is 4.87. The number of carbonyl (C=O) groups is 1. The maximum Gasteiger partial charge on any atom is 0.253 e. The fourth-order valence-corrected chi connectivity index (χ4v) is 3.70. The topological polar surface area (TPSA) is 43.8 Å². The van der Waals surface area contributed by atoms with E-state index in [2.05, 4.69) is 18.9 Å². The lowest BCUT2D eigenvalue weighted by Crippen LogP contribution is -2.68. The van der Waals surface area contributed by atoms with E-state index in [0.717, 1.165) is 38.0 Å². The summed E-state index contributed by atoms with van der Waals surface area (Å²) in [6, 6.07) is 7.93. The summed E-state index contributed by atoms with van der Waals surface area (Å²) in [7, 11) is 2.10. The number of carbonyl (C=O) groups excluding carboxylic acids is 1. The van der Waals surface area contributed by atoms with Crippen LogP contribution in [0, 0.1) is 5.92 Å². The van der Waals surface area contributed by atoms with Crippen molar-refractivity contribution in [1.29, 1.82) is 0 Å². The second-order valence-electron chi connectivity index (χ2n) is 6.57. The number of aliphatic hydroxyl groups is 1. The third-order valence-corrected chi connectivity index (χ3v) is 5.14. The van der Waals surface area contributed by atoms with Crippen molar-refractivity contribution < 1.29 is 9.90 Å². The largest absolute Gasteiger partial charge is 0.396 e. The molecule has 2 fully saturated rings. The predicted molar refractivity (Wildman–Crippen MR) is 82.3 cm³/mol. The van der Waals surface area contributed by atoms with Crippen LogP contribution in [0.25, 0.3) is 0 Å². The predicted octanol–water partition coefficient (Wildman–Crippen LogP) is 1.39. The Morgan fingerprint density at radius 1 is 1.33 bits per heavy atom. The number of aliphatic hydroxyl groups excluding tert-OH is 1. The van der Waals surface area contributed by atoms with Gasteiger partial charge in [0.15, 0.2) is 0 Å². The fraction of sp³-hybridized carbons (Fsp3) is 0.588. The second-order valence-corrected chi connectivity index (χ2v) is 6.57. The summed E-state index contributed by atoms with van der Waals surface area (Å²) in [5, 5.41) is 9.33. The molecule has 0 aliphatic carbocycles. The molecule has 2 saturated heterocycles. The first-order valence-electron chi connectivity index (χ1n) is 7.78. The van der Waals surface area contributed by atoms with E-state index in [1.807, 2.05) is 29.2 Å². The molecule has 1 aromatic rings. The van der Waals surface area contributed by atoms with Crippen molar-refractivity contribution in [3.05, 3.63) is 35.4 Å². The van der Waals surface area contributed by atoms with Gasteiger partial charge in [0.05, 0.1) is 5.54 Å². The van der Waals surface area contributed by atoms with Gasteiger partial charge in [0, 0.05) is 31.8 Å². The van der Waals surface area contributed by atoms with Gasteiger partial charge in [-0.05, 0) is 43.5 Å². The van der Waals surface area contributed by atoms with Crippen LogP contribution in [0.15, 0.2) is 24.3 Å². The molecule has 4 nitrogen and oxygen atoms in total. The highest BCUT2D eigenvalue weighted by molar-refractivity contribution is 5.95. The standard InChI is InChI=1S/C17H24N2O2/c1-3-13-4-6-15(7-5-13)16(21)19-11-17(12-19)8-14(10-20)9-18(17)2/h4-7,14,20H,3,8-12H2,1-2H3/t14-/m1/s1. The first kappa shape index (κ1) is 14.5. The number of benzene rings is 1. The molecule has 1 spiro atoms. The molecule has 1 aromatic carbocycles. The molecule has 2 heterocycles. The third kappa shape index (κ3) is 2.47. The minimum Gasteiger partial charge on any atom is -0.396 e. The Bertz CT molecular complexity index is 520. The Hall–Kier alpha value is -1.39. The maximum atomic E-state index is 12.5. The lowest BCUT2D eigenvalue weighted by atomic mass is 9.84. The Balaban J connectivity index is 1.64. The maximum absolute atomic E-state index is 12.5. The molecule has 114 valence electrons. The first-order chi connectivity index (χ1) is 10.1. The monoisotopic (exact) mass is 288 g/mol. The molecule has 1 N–H and O–H groups in total. The minimum atomic E-state index is 0.104. The van der Waals surface area contributed by atoms with Gasteiger partial charge < -0.3 is 10.0 Å². The summed E-state index contributed by atoms with van der Waals surface area (Å²) in [6.07, 6.45) is 1.99. The van der Waals surface area contributed by atoms with E-state index in [1.165, 1.54) is 5.56 Å². The summed E-state index contributed by atoms with van der Waals surface area (Å²) in [5.41, 5.74) is 2.14. The number of aryl methyl sites for hydroxylation is 1. The van der Waals surface area contributed by atoms with Crippen molar-refractivity contribution in [2.45, 2.75) is 25.3 Å². The van der Waals surface area contributed by atoms with Gasteiger partial charge in [-0.25, -0.2) is 0 Å². The van der Waals surface area contributed by atoms with Crippen molar-refractivity contribution in [1.82, 2.24) is 9.80 Å². The van der Waals surface area contributed by atoms with E-state index >= 15 is 0 Å². The zero-order chi connectivity index (χ0) is 15.0. The molecule has 0 saturated carbocycles. The molecule has 1 amide bonds. The highest BCUT2D eigenvalue weighted by Crippen LogP contribution is 2.39. The van der Waals surface area contributed by atoms with Crippen LogP contribution in [0.4, 0.5) is 0 Å². The zero-order valence-corrected chi connectivity index (χ0v) is 12.9. The van der Waals surface area contributed by atoms with Gasteiger partial charge in [-0.2, -0.15) is 0 Å². The van der Waals surface area contributed by atoms with Crippen LogP contribution in [0.1, 0.15) is 29.3 Å². The van der Waals surface area contributed by atoms with Crippen molar-refractivity contribution in [2.75, 3.05) is 33.3 Å². The minimum absolute atomic E-state index is 0.104. The summed E-state index contributed by atoms with van der Waals surface area (Å²) >= 11 is 0. The molecular formula is C17H24N2O2. The van der Waals surface area contributed by atoms with Crippen LogP contribution < -0.4 is 0 Å². The lowest BCUT2D eigenvalue weighted by Gasteiger charge is -2.52. The van der Waals surface area contributed by atoms with E-state index in [0.29, 0.717) is 5.92 Å². The van der Waals surface area contributed by atoms with E-state index in [-0.39, 0.29) is 18.1 Å². The number of hydrogen-bond acceptors (Lipinski definition) is 3. The molecule has 2 aliphatic rings. The van der Waals surface area contributed by atoms with Gasteiger partial charge in [-0.3, -0.25) is 9.69 Å². The van der Waals surface area contributed by atoms with Crippen LogP contribution in [-0.4, -0.2) is 59.6 Å². The van der Waals surface area contributed by atoms with Gasteiger partial charge in [0.25, 0.3) is 5.91 Å². The molecule has 0 bridgehead atoms. The fourth-order valence-electron chi connectivity index (χ4n) is 3.70. The van der Waals surface area contributed by atoms with Crippen molar-refractivity contribution in [2.24, 2.45) is 5.92 Å². The Labute approximate surface area is 126 Å². The lowest BCUT2D eigenvalue weighted by molar-refractivity contribution is -0.00774. The number of hydrogen-bond donors (Lipinski definition) is 1. The number of nitrogens with zero attached hydrogens (tertiary/aromatic N) is 2. The first-order valence-corrected chi connectivity index (χ1v) is 7.78. The van der Waals surface area contributed by atoms with E-state index in [4.69, 9.17) is 0 Å². The van der Waals surface area contributed by atoms with Crippen molar-refractivity contribution >= 4 is 5.91 Å². The highest BCUT2D eigenvalue weighted by Gasteiger charge is 2.52. The quantitative estimate of drug-likeness (QED) is 0.914. The van der Waals surface area contributed by atoms with E-state index < -0.39 is 0 Å². The van der Waals surface area contributed by atoms with Gasteiger partial charge in [0.2, 0.25) is 0 Å². The molecule has 4 heteroatoms. The Morgan fingerprint density at radius 2 is 2.00 bits per heavy atom. The van der Waals surface area contributed by atoms with Crippen LogP contribution in [0.5, 0.6) is 0 Å². The van der Waals surface area contributed by atoms with Crippen LogP contribution in [0.2, 0.25) is 0 Å². The molecule has 0 unspecified atom stereocenters. The average Bonchev–Trinajstić information content (AvgIpc) is 2.82. The van der Waals surface area contributed by atoms with Gasteiger partial charge >= 0.3 is 0 Å². The average molecular weight is 288 g/mol. The van der Waals surface area contributed by atoms with Gasteiger partial charge in [-0.15, -0.1) is 0 Å². The SMILES string of the molecule is CCc1ccc(C(=O)N2CC3(C[C@@H](CO)CN3C)C2)cc1. The van der Waals surface area contributed by atoms with Gasteiger partial charge in [0.1, 0.15) is 0 Å². The van der Waals surface area contributed by atoms with Crippen LogP contribution in [-0.2, 0) is 6.42 Å². The molecule has 21 heavy (non-hydrogen) atoms. The Morgan fingerprint density at radius 3 is 2.52 bits per heavy atom. The van der Waals surface area contributed by atoms with Gasteiger partial charge in [-0.1, -0.05) is 19.1 Å². The third-order valence-electron chi connectivity index (χ3n) is 5.14. The number of rotatable bonds is 3. The normalized spacial score (nSPS) is 24.3. The second kappa shape index (κ2) is 5.43. The van der Waals surface area contributed by atoms with Crippen molar-refractivity contribution in [3.8, 4) is 0 Å². The number of likely N-dealkylation sites (N-methyl/N-ethyl adjacent to an activating group) is 1. The van der Waals surface area contributed by atoms with Crippen LogP contribution >= 0.6 is 0 Å². The summed E-state index contributed by atoms with van der Waals surface area (Å²) in [5.74, 6) is 0.486. The van der Waals surface area contributed by atoms with E-state index in [1.54, 1.807) is 0 Å². The van der Waals surface area contributed by atoms with Crippen LogP contribution in [0.3, 0.4) is 0 Å². The number of amides is 1. The molecule has 0 aromatic heterocycles. The molecule has 1 atom stereocenters.